The highest BCUT2D eigenvalue weighted by Crippen LogP contribution is 2.31. The van der Waals surface area contributed by atoms with Crippen LogP contribution in [-0.2, 0) is 19.5 Å². The molecule has 0 radical (unpaired) electrons. The first kappa shape index (κ1) is 13.6. The van der Waals surface area contributed by atoms with Gasteiger partial charge in [0.15, 0.2) is 0 Å². The predicted octanol–water partition coefficient (Wildman–Crippen LogP) is 4.39. The summed E-state index contributed by atoms with van der Waals surface area (Å²) in [5, 5.41) is 0. The fraction of sp³-hybridized carbons (Fsp3) is 0.647. The van der Waals surface area contributed by atoms with Gasteiger partial charge in [-0.3, -0.25) is 4.90 Å². The molecule has 1 nitrogen and oxygen atoms in total. The van der Waals surface area contributed by atoms with Crippen LogP contribution < -0.4 is 0 Å². The Morgan fingerprint density at radius 2 is 1.56 bits per heavy atom. The molecule has 2 rings (SSSR count). The smallest absolute Gasteiger partial charge is 0.0245 e. The van der Waals surface area contributed by atoms with Gasteiger partial charge < -0.3 is 0 Å². The van der Waals surface area contributed by atoms with Gasteiger partial charge in [0.1, 0.15) is 0 Å². The highest BCUT2D eigenvalue weighted by Gasteiger charge is 2.28. The Bertz CT molecular complexity index is 432. The van der Waals surface area contributed by atoms with Crippen molar-refractivity contribution in [3.63, 3.8) is 0 Å². The van der Waals surface area contributed by atoms with Crippen molar-refractivity contribution in [3.05, 3.63) is 34.9 Å². The zero-order valence-electron chi connectivity index (χ0n) is 12.8. The van der Waals surface area contributed by atoms with Crippen molar-refractivity contribution in [3.8, 4) is 0 Å². The van der Waals surface area contributed by atoms with E-state index in [1.165, 1.54) is 16.7 Å². The number of hydrogen-bond acceptors (Lipinski definition) is 1. The van der Waals surface area contributed by atoms with E-state index in [4.69, 9.17) is 0 Å². The van der Waals surface area contributed by atoms with Crippen LogP contribution in [0.4, 0.5) is 0 Å². The molecule has 0 aromatic heterocycles. The van der Waals surface area contributed by atoms with Crippen molar-refractivity contribution in [2.45, 2.75) is 66.6 Å². The standard InChI is InChI=1S/C17H27N/c1-16(2,3)10-13-7-8-14-11-18(17(4,5)6)12-15(14)9-13/h7-9H,10-12H2,1-6H3. The summed E-state index contributed by atoms with van der Waals surface area (Å²) in [6.07, 6.45) is 1.16. The monoisotopic (exact) mass is 245 g/mol. The Hall–Kier alpha value is -0.820. The Balaban J connectivity index is 2.17. The zero-order chi connectivity index (χ0) is 13.6. The van der Waals surface area contributed by atoms with Crippen molar-refractivity contribution < 1.29 is 0 Å². The molecule has 1 aromatic rings. The summed E-state index contributed by atoms with van der Waals surface area (Å²) in [4.78, 5) is 2.55. The first-order chi connectivity index (χ1) is 8.15. The highest BCUT2D eigenvalue weighted by atomic mass is 15.2. The van der Waals surface area contributed by atoms with Crippen LogP contribution in [0.1, 0.15) is 58.2 Å². The maximum absolute atomic E-state index is 2.55. The summed E-state index contributed by atoms with van der Waals surface area (Å²) in [5.74, 6) is 0. The molecule has 18 heavy (non-hydrogen) atoms. The van der Waals surface area contributed by atoms with Crippen LogP contribution in [0.25, 0.3) is 0 Å². The molecule has 0 aliphatic carbocycles. The zero-order valence-corrected chi connectivity index (χ0v) is 12.8. The van der Waals surface area contributed by atoms with Crippen molar-refractivity contribution >= 4 is 0 Å². The minimum atomic E-state index is 0.267. The van der Waals surface area contributed by atoms with Crippen molar-refractivity contribution in [2.24, 2.45) is 5.41 Å². The van der Waals surface area contributed by atoms with Gasteiger partial charge in [0.25, 0.3) is 0 Å². The topological polar surface area (TPSA) is 3.24 Å². The number of benzene rings is 1. The van der Waals surface area contributed by atoms with Gasteiger partial charge in [0.05, 0.1) is 0 Å². The molecular weight excluding hydrogens is 218 g/mol. The van der Waals surface area contributed by atoms with Crippen molar-refractivity contribution in [1.29, 1.82) is 0 Å². The molecule has 100 valence electrons. The fourth-order valence-electron chi connectivity index (χ4n) is 2.64. The lowest BCUT2D eigenvalue weighted by Crippen LogP contribution is -2.36. The maximum Gasteiger partial charge on any atom is 0.0245 e. The summed E-state index contributed by atoms with van der Waals surface area (Å²) < 4.78 is 0. The molecule has 1 heterocycles. The first-order valence-corrected chi connectivity index (χ1v) is 7.01. The summed E-state index contributed by atoms with van der Waals surface area (Å²) in [5.41, 5.74) is 5.17. The van der Waals surface area contributed by atoms with Gasteiger partial charge in [-0.05, 0) is 49.3 Å². The first-order valence-electron chi connectivity index (χ1n) is 7.01. The Kier molecular flexibility index (Phi) is 3.31. The highest BCUT2D eigenvalue weighted by molar-refractivity contribution is 5.35. The third kappa shape index (κ3) is 3.14. The molecule has 0 spiro atoms. The molecular formula is C17H27N. The van der Waals surface area contributed by atoms with Crippen LogP contribution in [0, 0.1) is 5.41 Å². The normalized spacial score (nSPS) is 17.0. The Morgan fingerprint density at radius 3 is 2.11 bits per heavy atom. The minimum Gasteiger partial charge on any atom is -0.290 e. The lowest BCUT2D eigenvalue weighted by atomic mass is 9.87. The number of rotatable bonds is 1. The van der Waals surface area contributed by atoms with Crippen molar-refractivity contribution in [1.82, 2.24) is 4.90 Å². The second-order valence-corrected chi connectivity index (χ2v) is 7.87. The number of hydrogen-bond donors (Lipinski definition) is 0. The van der Waals surface area contributed by atoms with Gasteiger partial charge >= 0.3 is 0 Å². The molecule has 0 fully saturated rings. The molecule has 1 aliphatic heterocycles. The molecule has 0 unspecified atom stereocenters. The van der Waals surface area contributed by atoms with E-state index in [0.29, 0.717) is 5.41 Å². The second-order valence-electron chi connectivity index (χ2n) is 7.87. The molecule has 0 amide bonds. The molecule has 0 saturated carbocycles. The van der Waals surface area contributed by atoms with Gasteiger partial charge in [-0.25, -0.2) is 0 Å². The lowest BCUT2D eigenvalue weighted by Gasteiger charge is -2.31. The van der Waals surface area contributed by atoms with Crippen LogP contribution in [0.3, 0.4) is 0 Å². The van der Waals surface area contributed by atoms with Crippen LogP contribution in [0.5, 0.6) is 0 Å². The summed E-state index contributed by atoms with van der Waals surface area (Å²) >= 11 is 0. The molecule has 1 aromatic carbocycles. The quantitative estimate of drug-likeness (QED) is 0.709. The fourth-order valence-corrected chi connectivity index (χ4v) is 2.64. The van der Waals surface area contributed by atoms with Crippen LogP contribution >= 0.6 is 0 Å². The van der Waals surface area contributed by atoms with Crippen LogP contribution in [-0.4, -0.2) is 10.4 Å². The van der Waals surface area contributed by atoms with Crippen LogP contribution in [0.15, 0.2) is 18.2 Å². The van der Waals surface area contributed by atoms with E-state index in [2.05, 4.69) is 64.6 Å². The molecule has 0 N–H and O–H groups in total. The third-order valence-electron chi connectivity index (χ3n) is 3.68. The second kappa shape index (κ2) is 4.38. The molecule has 0 bridgehead atoms. The third-order valence-corrected chi connectivity index (χ3v) is 3.68. The van der Waals surface area contributed by atoms with Gasteiger partial charge in [-0.2, -0.15) is 0 Å². The summed E-state index contributed by atoms with van der Waals surface area (Å²) in [7, 11) is 0. The molecule has 1 heteroatoms. The molecule has 0 atom stereocenters. The number of nitrogens with zero attached hydrogens (tertiary/aromatic N) is 1. The van der Waals surface area contributed by atoms with Crippen molar-refractivity contribution in [2.75, 3.05) is 0 Å². The van der Waals surface area contributed by atoms with E-state index in [1.807, 2.05) is 0 Å². The van der Waals surface area contributed by atoms with Crippen LogP contribution in [0.2, 0.25) is 0 Å². The van der Waals surface area contributed by atoms with E-state index in [-0.39, 0.29) is 5.54 Å². The van der Waals surface area contributed by atoms with E-state index < -0.39 is 0 Å². The van der Waals surface area contributed by atoms with Gasteiger partial charge in [-0.15, -0.1) is 0 Å². The molecule has 0 saturated heterocycles. The Morgan fingerprint density at radius 1 is 0.944 bits per heavy atom. The van der Waals surface area contributed by atoms with Gasteiger partial charge in [0, 0.05) is 18.6 Å². The van der Waals surface area contributed by atoms with E-state index >= 15 is 0 Å². The Labute approximate surface area is 112 Å². The summed E-state index contributed by atoms with van der Waals surface area (Å²) in [6, 6.07) is 7.07. The van der Waals surface area contributed by atoms with Gasteiger partial charge in [0.2, 0.25) is 0 Å². The minimum absolute atomic E-state index is 0.267. The number of fused-ring (bicyclic) bond motifs is 1. The summed E-state index contributed by atoms with van der Waals surface area (Å²) in [6.45, 7) is 16.0. The van der Waals surface area contributed by atoms with E-state index in [0.717, 1.165) is 19.5 Å². The molecule has 1 aliphatic rings. The maximum atomic E-state index is 2.55. The largest absolute Gasteiger partial charge is 0.290 e. The average Bonchev–Trinajstić information content (AvgIpc) is 2.57. The van der Waals surface area contributed by atoms with E-state index in [9.17, 15) is 0 Å². The average molecular weight is 245 g/mol. The van der Waals surface area contributed by atoms with Gasteiger partial charge in [-0.1, -0.05) is 39.0 Å². The lowest BCUT2D eigenvalue weighted by molar-refractivity contribution is 0.136. The predicted molar refractivity (Wildman–Crippen MR) is 78.6 cm³/mol. The van der Waals surface area contributed by atoms with E-state index in [1.54, 1.807) is 0 Å². The SMILES string of the molecule is CC(C)(C)Cc1ccc2c(c1)CN(C(C)(C)C)C2.